The number of ether oxygens (including phenoxy) is 1. The lowest BCUT2D eigenvalue weighted by atomic mass is 10.1. The highest BCUT2D eigenvalue weighted by Gasteiger charge is 2.08. The van der Waals surface area contributed by atoms with Gasteiger partial charge in [0, 0.05) is 17.3 Å². The number of pyridine rings is 1. The molecule has 0 fully saturated rings. The maximum absolute atomic E-state index is 10.7. The summed E-state index contributed by atoms with van der Waals surface area (Å²) in [6, 6.07) is 8.78. The van der Waals surface area contributed by atoms with Crippen LogP contribution in [0.4, 0.5) is 0 Å². The molecule has 2 rings (SSSR count). The molecule has 0 N–H and O–H groups in total. The molecule has 0 aliphatic carbocycles. The molecule has 0 aliphatic rings. The van der Waals surface area contributed by atoms with Gasteiger partial charge < -0.3 is 4.74 Å². The second-order valence-electron chi connectivity index (χ2n) is 3.41. The van der Waals surface area contributed by atoms with E-state index in [4.69, 9.17) is 16.3 Å². The Morgan fingerprint density at radius 2 is 2.18 bits per heavy atom. The number of benzene rings is 1. The summed E-state index contributed by atoms with van der Waals surface area (Å²) in [7, 11) is 1.59. The van der Waals surface area contributed by atoms with Crippen molar-refractivity contribution in [2.45, 2.75) is 0 Å². The summed E-state index contributed by atoms with van der Waals surface area (Å²) in [6.45, 7) is 0. The zero-order chi connectivity index (χ0) is 12.3. The molecule has 0 bridgehead atoms. The number of rotatable bonds is 3. The highest BCUT2D eigenvalue weighted by molar-refractivity contribution is 6.33. The van der Waals surface area contributed by atoms with Crippen LogP contribution in [0.25, 0.3) is 11.3 Å². The van der Waals surface area contributed by atoms with Crippen LogP contribution in [-0.2, 0) is 0 Å². The highest BCUT2D eigenvalue weighted by atomic mass is 35.5. The fourth-order valence-corrected chi connectivity index (χ4v) is 1.77. The average molecular weight is 248 g/mol. The summed E-state index contributed by atoms with van der Waals surface area (Å²) >= 11 is 5.98. The Morgan fingerprint density at radius 3 is 2.82 bits per heavy atom. The second kappa shape index (κ2) is 4.97. The summed E-state index contributed by atoms with van der Waals surface area (Å²) in [6.07, 6.45) is 2.40. The predicted molar refractivity (Wildman–Crippen MR) is 66.6 cm³/mol. The first-order valence-electron chi connectivity index (χ1n) is 5.00. The molecule has 1 aromatic heterocycles. The van der Waals surface area contributed by atoms with Crippen molar-refractivity contribution in [3.05, 3.63) is 47.1 Å². The van der Waals surface area contributed by atoms with Crippen molar-refractivity contribution in [3.8, 4) is 17.0 Å². The van der Waals surface area contributed by atoms with Gasteiger partial charge in [0.25, 0.3) is 0 Å². The average Bonchev–Trinajstić information content (AvgIpc) is 2.38. The standard InChI is InChI=1S/C13H10ClNO2/c1-17-12-3-2-6-15-13(12)9-4-5-10(8-16)11(14)7-9/h2-8H,1H3. The van der Waals surface area contributed by atoms with Crippen molar-refractivity contribution in [1.82, 2.24) is 4.98 Å². The van der Waals surface area contributed by atoms with E-state index in [2.05, 4.69) is 4.98 Å². The van der Waals surface area contributed by atoms with Crippen molar-refractivity contribution >= 4 is 17.9 Å². The van der Waals surface area contributed by atoms with Gasteiger partial charge in [0.2, 0.25) is 0 Å². The second-order valence-corrected chi connectivity index (χ2v) is 3.82. The Bertz CT molecular complexity index is 555. The van der Waals surface area contributed by atoms with Crippen molar-refractivity contribution in [2.75, 3.05) is 7.11 Å². The van der Waals surface area contributed by atoms with Crippen molar-refractivity contribution in [3.63, 3.8) is 0 Å². The number of hydrogen-bond donors (Lipinski definition) is 0. The van der Waals surface area contributed by atoms with Crippen LogP contribution in [0.1, 0.15) is 10.4 Å². The van der Waals surface area contributed by atoms with E-state index in [0.717, 1.165) is 11.8 Å². The first-order valence-corrected chi connectivity index (χ1v) is 5.38. The van der Waals surface area contributed by atoms with Crippen LogP contribution in [0.5, 0.6) is 5.75 Å². The van der Waals surface area contributed by atoms with Crippen LogP contribution < -0.4 is 4.74 Å². The first-order chi connectivity index (χ1) is 8.26. The van der Waals surface area contributed by atoms with Gasteiger partial charge in [-0.3, -0.25) is 9.78 Å². The minimum absolute atomic E-state index is 0.408. The number of hydrogen-bond acceptors (Lipinski definition) is 3. The Balaban J connectivity index is 2.53. The minimum atomic E-state index is 0.408. The topological polar surface area (TPSA) is 39.2 Å². The molecule has 1 heterocycles. The maximum Gasteiger partial charge on any atom is 0.151 e. The molecule has 0 amide bonds. The maximum atomic E-state index is 10.7. The predicted octanol–water partition coefficient (Wildman–Crippen LogP) is 3.22. The lowest BCUT2D eigenvalue weighted by Crippen LogP contribution is -1.91. The number of halogens is 1. The van der Waals surface area contributed by atoms with Gasteiger partial charge in [-0.05, 0) is 24.3 Å². The number of nitrogens with zero attached hydrogens (tertiary/aromatic N) is 1. The van der Waals surface area contributed by atoms with Crippen molar-refractivity contribution in [2.24, 2.45) is 0 Å². The Hall–Kier alpha value is -1.87. The SMILES string of the molecule is COc1cccnc1-c1ccc(C=O)c(Cl)c1. The number of carbonyl (C=O) groups is 1. The Kier molecular flexibility index (Phi) is 3.40. The molecule has 2 aromatic rings. The number of carbonyl (C=O) groups excluding carboxylic acids is 1. The highest BCUT2D eigenvalue weighted by Crippen LogP contribution is 2.29. The van der Waals surface area contributed by atoms with Gasteiger partial charge in [-0.2, -0.15) is 0 Å². The van der Waals surface area contributed by atoms with Crippen LogP contribution >= 0.6 is 11.6 Å². The molecular weight excluding hydrogens is 238 g/mol. The molecule has 4 heteroatoms. The lowest BCUT2D eigenvalue weighted by Gasteiger charge is -2.07. The van der Waals surface area contributed by atoms with Gasteiger partial charge in [0.1, 0.15) is 11.4 Å². The zero-order valence-corrected chi connectivity index (χ0v) is 9.94. The largest absolute Gasteiger partial charge is 0.494 e. The molecule has 0 atom stereocenters. The quantitative estimate of drug-likeness (QED) is 0.782. The normalized spacial score (nSPS) is 10.0. The molecular formula is C13H10ClNO2. The third-order valence-corrected chi connectivity index (χ3v) is 2.72. The van der Waals surface area contributed by atoms with Crippen LogP contribution in [0.2, 0.25) is 5.02 Å². The van der Waals surface area contributed by atoms with Crippen molar-refractivity contribution in [1.29, 1.82) is 0 Å². The van der Waals surface area contributed by atoms with Crippen LogP contribution in [0, 0.1) is 0 Å². The lowest BCUT2D eigenvalue weighted by molar-refractivity contribution is 0.112. The van der Waals surface area contributed by atoms with Gasteiger partial charge in [0.15, 0.2) is 6.29 Å². The van der Waals surface area contributed by atoms with Gasteiger partial charge >= 0.3 is 0 Å². The summed E-state index contributed by atoms with van der Waals surface area (Å²) in [5.41, 5.74) is 1.98. The molecule has 0 radical (unpaired) electrons. The van der Waals surface area contributed by atoms with Crippen LogP contribution in [0.3, 0.4) is 0 Å². The van der Waals surface area contributed by atoms with E-state index < -0.39 is 0 Å². The van der Waals surface area contributed by atoms with Gasteiger partial charge in [0.05, 0.1) is 12.1 Å². The van der Waals surface area contributed by atoms with E-state index in [1.54, 1.807) is 37.6 Å². The fourth-order valence-electron chi connectivity index (χ4n) is 1.54. The number of aromatic nitrogens is 1. The van der Waals surface area contributed by atoms with E-state index in [9.17, 15) is 4.79 Å². The molecule has 0 unspecified atom stereocenters. The van der Waals surface area contributed by atoms with Crippen LogP contribution in [-0.4, -0.2) is 18.4 Å². The molecule has 0 saturated heterocycles. The van der Waals surface area contributed by atoms with E-state index in [1.807, 2.05) is 6.07 Å². The summed E-state index contributed by atoms with van der Waals surface area (Å²) in [4.78, 5) is 14.9. The van der Waals surface area contributed by atoms with E-state index in [0.29, 0.717) is 22.0 Å². The van der Waals surface area contributed by atoms with Crippen LogP contribution in [0.15, 0.2) is 36.5 Å². The third kappa shape index (κ3) is 2.29. The fraction of sp³-hybridized carbons (Fsp3) is 0.0769. The zero-order valence-electron chi connectivity index (χ0n) is 9.18. The van der Waals surface area contributed by atoms with Gasteiger partial charge in [-0.15, -0.1) is 0 Å². The molecule has 0 saturated carbocycles. The number of methoxy groups -OCH3 is 1. The smallest absolute Gasteiger partial charge is 0.151 e. The molecule has 1 aromatic carbocycles. The minimum Gasteiger partial charge on any atom is -0.494 e. The number of aldehydes is 1. The Labute approximate surface area is 104 Å². The summed E-state index contributed by atoms with van der Waals surface area (Å²) in [5.74, 6) is 0.669. The first kappa shape index (κ1) is 11.6. The molecule has 86 valence electrons. The third-order valence-electron chi connectivity index (χ3n) is 2.39. The molecule has 17 heavy (non-hydrogen) atoms. The monoisotopic (exact) mass is 247 g/mol. The van der Waals surface area contributed by atoms with E-state index in [-0.39, 0.29) is 0 Å². The van der Waals surface area contributed by atoms with E-state index >= 15 is 0 Å². The summed E-state index contributed by atoms with van der Waals surface area (Å²) in [5, 5.41) is 0.408. The summed E-state index contributed by atoms with van der Waals surface area (Å²) < 4.78 is 5.22. The van der Waals surface area contributed by atoms with Gasteiger partial charge in [-0.25, -0.2) is 0 Å². The van der Waals surface area contributed by atoms with Crippen molar-refractivity contribution < 1.29 is 9.53 Å². The van der Waals surface area contributed by atoms with Gasteiger partial charge in [-0.1, -0.05) is 17.7 Å². The Morgan fingerprint density at radius 1 is 1.35 bits per heavy atom. The van der Waals surface area contributed by atoms with E-state index in [1.165, 1.54) is 0 Å². The molecule has 3 nitrogen and oxygen atoms in total. The molecule has 0 spiro atoms. The molecule has 0 aliphatic heterocycles.